The molecule has 0 aliphatic carbocycles. The van der Waals surface area contributed by atoms with Crippen LogP contribution in [0.4, 0.5) is 0 Å². The first-order chi connectivity index (χ1) is 12.4. The molecule has 0 aliphatic rings. The van der Waals surface area contributed by atoms with Crippen LogP contribution in [0.25, 0.3) is 11.1 Å². The Bertz CT molecular complexity index is 698. The molecule has 0 spiro atoms. The summed E-state index contributed by atoms with van der Waals surface area (Å²) in [6.07, 6.45) is 0. The maximum atomic E-state index is 9.86. The van der Waals surface area contributed by atoms with Crippen LogP contribution in [0.1, 0.15) is 56.2 Å². The van der Waals surface area contributed by atoms with Crippen LogP contribution in [0.5, 0.6) is 17.2 Å². The molecule has 4 nitrogen and oxygen atoms in total. The second-order valence-corrected chi connectivity index (χ2v) is 7.03. The van der Waals surface area contributed by atoms with Gasteiger partial charge in [-0.25, -0.2) is 0 Å². The molecule has 0 aliphatic heterocycles. The fourth-order valence-electron chi connectivity index (χ4n) is 3.12. The number of rotatable bonds is 7. The van der Waals surface area contributed by atoms with Gasteiger partial charge in [-0.05, 0) is 47.2 Å². The molecule has 4 heteroatoms. The lowest BCUT2D eigenvalue weighted by molar-refractivity contribution is 0.274. The number of aliphatic hydroxyl groups is 1. The molecule has 0 radical (unpaired) electrons. The molecule has 2 rings (SSSR count). The zero-order chi connectivity index (χ0) is 19.4. The number of hydrogen-bond donors (Lipinski definition) is 1. The fourth-order valence-corrected chi connectivity index (χ4v) is 3.12. The summed E-state index contributed by atoms with van der Waals surface area (Å²) in [5.74, 6) is 2.69. The summed E-state index contributed by atoms with van der Waals surface area (Å²) in [5.41, 5.74) is 4.87. The minimum absolute atomic E-state index is 0.0833. The quantitative estimate of drug-likeness (QED) is 0.746. The molecule has 0 amide bonds. The SMILES string of the molecule is COc1cc(C(C)C)cc(-c2cc(C(C)C)cc(CO)c2OC)c1OC. The van der Waals surface area contributed by atoms with Gasteiger partial charge in [-0.3, -0.25) is 0 Å². The molecule has 0 saturated carbocycles. The summed E-state index contributed by atoms with van der Waals surface area (Å²) < 4.78 is 16.9. The average molecular weight is 358 g/mol. The van der Waals surface area contributed by atoms with E-state index >= 15 is 0 Å². The van der Waals surface area contributed by atoms with Crippen molar-refractivity contribution in [1.82, 2.24) is 0 Å². The third-order valence-electron chi connectivity index (χ3n) is 4.69. The van der Waals surface area contributed by atoms with Gasteiger partial charge in [0.25, 0.3) is 0 Å². The minimum Gasteiger partial charge on any atom is -0.496 e. The minimum atomic E-state index is -0.0833. The topological polar surface area (TPSA) is 47.9 Å². The van der Waals surface area contributed by atoms with Crippen LogP contribution in [-0.2, 0) is 6.61 Å². The van der Waals surface area contributed by atoms with Crippen LogP contribution in [-0.4, -0.2) is 26.4 Å². The van der Waals surface area contributed by atoms with Crippen molar-refractivity contribution in [2.24, 2.45) is 0 Å². The van der Waals surface area contributed by atoms with Gasteiger partial charge in [0.15, 0.2) is 11.5 Å². The van der Waals surface area contributed by atoms with E-state index in [2.05, 4.69) is 39.8 Å². The number of ether oxygens (including phenoxy) is 3. The molecule has 0 fully saturated rings. The highest BCUT2D eigenvalue weighted by Gasteiger charge is 2.21. The first-order valence-electron chi connectivity index (χ1n) is 8.95. The summed E-state index contributed by atoms with van der Waals surface area (Å²) in [7, 11) is 4.91. The highest BCUT2D eigenvalue weighted by atomic mass is 16.5. The molecule has 0 atom stereocenters. The summed E-state index contributed by atoms with van der Waals surface area (Å²) in [6.45, 7) is 8.47. The Morgan fingerprint density at radius 2 is 1.23 bits per heavy atom. The van der Waals surface area contributed by atoms with E-state index in [4.69, 9.17) is 14.2 Å². The second kappa shape index (κ2) is 8.45. The zero-order valence-corrected chi connectivity index (χ0v) is 16.8. The van der Waals surface area contributed by atoms with E-state index in [9.17, 15) is 5.11 Å². The highest BCUT2D eigenvalue weighted by molar-refractivity contribution is 5.81. The van der Waals surface area contributed by atoms with Gasteiger partial charge < -0.3 is 19.3 Å². The summed E-state index contributed by atoms with van der Waals surface area (Å²) in [6, 6.07) is 8.25. The first-order valence-corrected chi connectivity index (χ1v) is 8.95. The molecule has 0 heterocycles. The number of methoxy groups -OCH3 is 3. The molecule has 0 saturated heterocycles. The van der Waals surface area contributed by atoms with Crippen molar-refractivity contribution in [2.45, 2.75) is 46.1 Å². The molecule has 0 aromatic heterocycles. The number of hydrogen-bond acceptors (Lipinski definition) is 4. The molecule has 2 aromatic rings. The Morgan fingerprint density at radius 1 is 0.731 bits per heavy atom. The fraction of sp³-hybridized carbons (Fsp3) is 0.455. The maximum Gasteiger partial charge on any atom is 0.168 e. The molecule has 142 valence electrons. The lowest BCUT2D eigenvalue weighted by Gasteiger charge is -2.21. The van der Waals surface area contributed by atoms with Gasteiger partial charge in [0.05, 0.1) is 27.9 Å². The van der Waals surface area contributed by atoms with Gasteiger partial charge in [-0.1, -0.05) is 27.7 Å². The second-order valence-electron chi connectivity index (χ2n) is 7.03. The number of aliphatic hydroxyl groups excluding tert-OH is 1. The average Bonchev–Trinajstić information content (AvgIpc) is 2.65. The predicted octanol–water partition coefficient (Wildman–Crippen LogP) is 5.12. The molecule has 0 bridgehead atoms. The largest absolute Gasteiger partial charge is 0.496 e. The highest BCUT2D eigenvalue weighted by Crippen LogP contribution is 2.46. The Kier molecular flexibility index (Phi) is 6.54. The monoisotopic (exact) mass is 358 g/mol. The van der Waals surface area contributed by atoms with Crippen LogP contribution >= 0.6 is 0 Å². The molecule has 26 heavy (non-hydrogen) atoms. The van der Waals surface area contributed by atoms with Crippen LogP contribution in [0, 0.1) is 0 Å². The summed E-state index contributed by atoms with van der Waals surface area (Å²) >= 11 is 0. The lowest BCUT2D eigenvalue weighted by atomic mass is 9.90. The van der Waals surface area contributed by atoms with Crippen LogP contribution in [0.15, 0.2) is 24.3 Å². The van der Waals surface area contributed by atoms with Crippen molar-refractivity contribution >= 4 is 0 Å². The van der Waals surface area contributed by atoms with Crippen molar-refractivity contribution in [3.63, 3.8) is 0 Å². The molecular weight excluding hydrogens is 328 g/mol. The van der Waals surface area contributed by atoms with Gasteiger partial charge >= 0.3 is 0 Å². The summed E-state index contributed by atoms with van der Waals surface area (Å²) in [4.78, 5) is 0. The van der Waals surface area contributed by atoms with Gasteiger partial charge in [-0.2, -0.15) is 0 Å². The van der Waals surface area contributed by atoms with E-state index < -0.39 is 0 Å². The van der Waals surface area contributed by atoms with Crippen LogP contribution in [0.2, 0.25) is 0 Å². The first kappa shape index (κ1) is 20.1. The van der Waals surface area contributed by atoms with Crippen molar-refractivity contribution < 1.29 is 19.3 Å². The van der Waals surface area contributed by atoms with Gasteiger partial charge in [0, 0.05) is 16.7 Å². The van der Waals surface area contributed by atoms with Crippen LogP contribution in [0.3, 0.4) is 0 Å². The van der Waals surface area contributed by atoms with Crippen molar-refractivity contribution in [1.29, 1.82) is 0 Å². The summed E-state index contributed by atoms with van der Waals surface area (Å²) in [5, 5.41) is 9.86. The Balaban J connectivity index is 2.89. The third kappa shape index (κ3) is 3.80. The smallest absolute Gasteiger partial charge is 0.168 e. The van der Waals surface area contributed by atoms with Gasteiger partial charge in [0.2, 0.25) is 0 Å². The van der Waals surface area contributed by atoms with Crippen molar-refractivity contribution in [3.05, 3.63) is 41.0 Å². The Hall–Kier alpha value is -2.20. The van der Waals surface area contributed by atoms with Crippen molar-refractivity contribution in [3.8, 4) is 28.4 Å². The van der Waals surface area contributed by atoms with E-state index in [-0.39, 0.29) is 6.61 Å². The van der Waals surface area contributed by atoms with E-state index in [1.807, 2.05) is 12.1 Å². The lowest BCUT2D eigenvalue weighted by Crippen LogP contribution is -2.02. The van der Waals surface area contributed by atoms with Crippen LogP contribution < -0.4 is 14.2 Å². The molecule has 2 aromatic carbocycles. The van der Waals surface area contributed by atoms with Gasteiger partial charge in [0.1, 0.15) is 5.75 Å². The molecule has 1 N–H and O–H groups in total. The molecule has 0 unspecified atom stereocenters. The number of benzene rings is 2. The van der Waals surface area contributed by atoms with E-state index in [1.54, 1.807) is 21.3 Å². The van der Waals surface area contributed by atoms with Gasteiger partial charge in [-0.15, -0.1) is 0 Å². The standard InChI is InChI=1S/C22H30O4/c1-13(2)15-8-17(12-23)21(25-6)18(9-15)19-10-16(14(3)4)11-20(24-5)22(19)26-7/h8-11,13-14,23H,12H2,1-7H3. The van der Waals surface area contributed by atoms with Crippen molar-refractivity contribution in [2.75, 3.05) is 21.3 Å². The van der Waals surface area contributed by atoms with E-state index in [0.29, 0.717) is 29.1 Å². The molecular formula is C22H30O4. The third-order valence-corrected chi connectivity index (χ3v) is 4.69. The predicted molar refractivity (Wildman–Crippen MR) is 106 cm³/mol. The maximum absolute atomic E-state index is 9.86. The van der Waals surface area contributed by atoms with E-state index in [0.717, 1.165) is 27.8 Å². The van der Waals surface area contributed by atoms with E-state index in [1.165, 1.54) is 0 Å². The Labute approximate surface area is 156 Å². The normalized spacial score (nSPS) is 11.2. The zero-order valence-electron chi connectivity index (χ0n) is 16.8. The Morgan fingerprint density at radius 3 is 1.65 bits per heavy atom.